The molecule has 1 heterocycles. The number of carbonyl (C=O) groups excluding carboxylic acids is 1. The van der Waals surface area contributed by atoms with Gasteiger partial charge in [0.2, 0.25) is 5.91 Å². The Kier molecular flexibility index (Phi) is 1.40. The van der Waals surface area contributed by atoms with Gasteiger partial charge in [-0.25, -0.2) is 0 Å². The molecule has 0 unspecified atom stereocenters. The molecule has 0 radical (unpaired) electrons. The monoisotopic (exact) mass is 164 g/mol. The zero-order valence-electron chi connectivity index (χ0n) is 6.29. The summed E-state index contributed by atoms with van der Waals surface area (Å²) in [6, 6.07) is 4.99. The molecule has 0 bridgehead atoms. The summed E-state index contributed by atoms with van der Waals surface area (Å²) in [5.41, 5.74) is 1.23. The number of hydrogen-bond acceptors (Lipinski definition) is 3. The predicted octanol–water partition coefficient (Wildman–Crippen LogP) is 0.756. The summed E-state index contributed by atoms with van der Waals surface area (Å²) in [5, 5.41) is 14.8. The Morgan fingerprint density at radius 2 is 2.25 bits per heavy atom. The SMILES string of the molecule is O=C1CNc2c(O)cccc2N1. The summed E-state index contributed by atoms with van der Waals surface area (Å²) in [5.74, 6) is 0.0700. The summed E-state index contributed by atoms with van der Waals surface area (Å²) in [6.45, 7) is 0.213. The molecule has 1 amide bonds. The van der Waals surface area contributed by atoms with E-state index in [0.29, 0.717) is 11.4 Å². The maximum absolute atomic E-state index is 10.9. The number of amides is 1. The molecule has 4 nitrogen and oxygen atoms in total. The molecule has 62 valence electrons. The van der Waals surface area contributed by atoms with Crippen molar-refractivity contribution in [2.75, 3.05) is 17.2 Å². The van der Waals surface area contributed by atoms with Crippen LogP contribution in [-0.4, -0.2) is 17.6 Å². The standard InChI is InChI=1S/C8H8N2O2/c11-6-3-1-2-5-8(6)9-4-7(12)10-5/h1-3,9,11H,4H2,(H,10,12). The molecule has 1 aliphatic rings. The highest BCUT2D eigenvalue weighted by atomic mass is 16.3. The first-order valence-corrected chi connectivity index (χ1v) is 3.63. The fraction of sp³-hybridized carbons (Fsp3) is 0.125. The van der Waals surface area contributed by atoms with Crippen molar-refractivity contribution in [1.29, 1.82) is 0 Å². The summed E-state index contributed by atoms with van der Waals surface area (Å²) in [4.78, 5) is 10.9. The molecular formula is C8H8N2O2. The second-order valence-electron chi connectivity index (χ2n) is 2.60. The van der Waals surface area contributed by atoms with E-state index in [0.717, 1.165) is 0 Å². The lowest BCUT2D eigenvalue weighted by atomic mass is 10.2. The van der Waals surface area contributed by atoms with Gasteiger partial charge in [-0.1, -0.05) is 6.07 Å². The molecule has 4 heteroatoms. The van der Waals surface area contributed by atoms with E-state index >= 15 is 0 Å². The molecule has 0 atom stereocenters. The van der Waals surface area contributed by atoms with Gasteiger partial charge >= 0.3 is 0 Å². The van der Waals surface area contributed by atoms with E-state index in [1.165, 1.54) is 0 Å². The van der Waals surface area contributed by atoms with Gasteiger partial charge in [0.15, 0.2) is 0 Å². The molecule has 1 aliphatic heterocycles. The number of carbonyl (C=O) groups is 1. The van der Waals surface area contributed by atoms with Crippen LogP contribution in [0.4, 0.5) is 11.4 Å². The molecule has 12 heavy (non-hydrogen) atoms. The molecule has 3 N–H and O–H groups in total. The number of phenolic OH excluding ortho intramolecular Hbond substituents is 1. The van der Waals surface area contributed by atoms with Crippen molar-refractivity contribution in [1.82, 2.24) is 0 Å². The number of hydrogen-bond donors (Lipinski definition) is 3. The Morgan fingerprint density at radius 1 is 1.42 bits per heavy atom. The molecule has 0 fully saturated rings. The Bertz CT molecular complexity index is 336. The lowest BCUT2D eigenvalue weighted by molar-refractivity contribution is -0.114. The van der Waals surface area contributed by atoms with Gasteiger partial charge in [-0.15, -0.1) is 0 Å². The van der Waals surface area contributed by atoms with E-state index in [-0.39, 0.29) is 18.2 Å². The number of nitrogens with one attached hydrogen (secondary N) is 2. The number of anilines is 2. The van der Waals surface area contributed by atoms with Gasteiger partial charge in [-0.3, -0.25) is 4.79 Å². The van der Waals surface area contributed by atoms with Crippen molar-refractivity contribution in [3.05, 3.63) is 18.2 Å². The molecule has 1 aromatic rings. The van der Waals surface area contributed by atoms with E-state index in [1.807, 2.05) is 0 Å². The molecule has 0 saturated heterocycles. The third-order valence-corrected chi connectivity index (χ3v) is 1.74. The summed E-state index contributed by atoms with van der Waals surface area (Å²) < 4.78 is 0. The topological polar surface area (TPSA) is 61.4 Å². The highest BCUT2D eigenvalue weighted by molar-refractivity contribution is 6.01. The maximum Gasteiger partial charge on any atom is 0.243 e. The third kappa shape index (κ3) is 0.972. The normalized spacial score (nSPS) is 14.5. The average molecular weight is 164 g/mol. The Morgan fingerprint density at radius 3 is 3.08 bits per heavy atom. The Hall–Kier alpha value is -1.71. The van der Waals surface area contributed by atoms with Crippen LogP contribution in [0.2, 0.25) is 0 Å². The van der Waals surface area contributed by atoms with E-state index in [2.05, 4.69) is 10.6 Å². The van der Waals surface area contributed by atoms with Crippen LogP contribution < -0.4 is 10.6 Å². The highest BCUT2D eigenvalue weighted by Crippen LogP contribution is 2.32. The van der Waals surface area contributed by atoms with E-state index < -0.39 is 0 Å². The molecule has 1 aromatic carbocycles. The Balaban J connectivity index is 2.48. The van der Waals surface area contributed by atoms with Gasteiger partial charge in [0, 0.05) is 0 Å². The zero-order chi connectivity index (χ0) is 8.55. The minimum Gasteiger partial charge on any atom is -0.506 e. The van der Waals surface area contributed by atoms with Crippen molar-refractivity contribution in [2.45, 2.75) is 0 Å². The minimum atomic E-state index is -0.0897. The van der Waals surface area contributed by atoms with Crippen molar-refractivity contribution in [2.24, 2.45) is 0 Å². The number of fused-ring (bicyclic) bond motifs is 1. The maximum atomic E-state index is 10.9. The molecule has 0 aromatic heterocycles. The van der Waals surface area contributed by atoms with Crippen molar-refractivity contribution >= 4 is 17.3 Å². The van der Waals surface area contributed by atoms with Crippen molar-refractivity contribution in [3.63, 3.8) is 0 Å². The van der Waals surface area contributed by atoms with E-state index in [9.17, 15) is 9.90 Å². The van der Waals surface area contributed by atoms with Crippen LogP contribution >= 0.6 is 0 Å². The van der Waals surface area contributed by atoms with Gasteiger partial charge in [0.25, 0.3) is 0 Å². The first kappa shape index (κ1) is 6.97. The van der Waals surface area contributed by atoms with Crippen LogP contribution in [0, 0.1) is 0 Å². The van der Waals surface area contributed by atoms with Crippen molar-refractivity contribution in [3.8, 4) is 5.75 Å². The van der Waals surface area contributed by atoms with Crippen LogP contribution in [0.25, 0.3) is 0 Å². The van der Waals surface area contributed by atoms with Gasteiger partial charge in [-0.2, -0.15) is 0 Å². The summed E-state index contributed by atoms with van der Waals surface area (Å²) in [6.07, 6.45) is 0. The summed E-state index contributed by atoms with van der Waals surface area (Å²) >= 11 is 0. The van der Waals surface area contributed by atoms with Crippen LogP contribution in [-0.2, 0) is 4.79 Å². The average Bonchev–Trinajstić information content (AvgIpc) is 2.04. The second kappa shape index (κ2) is 2.41. The smallest absolute Gasteiger partial charge is 0.243 e. The number of para-hydroxylation sites is 1. The van der Waals surface area contributed by atoms with E-state index in [4.69, 9.17) is 0 Å². The second-order valence-corrected chi connectivity index (χ2v) is 2.60. The van der Waals surface area contributed by atoms with Crippen LogP contribution in [0.3, 0.4) is 0 Å². The van der Waals surface area contributed by atoms with Crippen LogP contribution in [0.1, 0.15) is 0 Å². The molecule has 0 aliphatic carbocycles. The van der Waals surface area contributed by atoms with Gasteiger partial charge in [0.05, 0.1) is 12.2 Å². The van der Waals surface area contributed by atoms with Gasteiger partial charge < -0.3 is 15.7 Å². The fourth-order valence-corrected chi connectivity index (χ4v) is 1.19. The number of benzene rings is 1. The van der Waals surface area contributed by atoms with Gasteiger partial charge in [-0.05, 0) is 12.1 Å². The van der Waals surface area contributed by atoms with E-state index in [1.54, 1.807) is 18.2 Å². The number of aromatic hydroxyl groups is 1. The molecular weight excluding hydrogens is 156 g/mol. The Labute approximate surface area is 69.2 Å². The minimum absolute atomic E-state index is 0.0897. The number of phenols is 1. The lowest BCUT2D eigenvalue weighted by Gasteiger charge is -2.18. The summed E-state index contributed by atoms with van der Waals surface area (Å²) in [7, 11) is 0. The fourth-order valence-electron chi connectivity index (χ4n) is 1.19. The lowest BCUT2D eigenvalue weighted by Crippen LogP contribution is -2.27. The highest BCUT2D eigenvalue weighted by Gasteiger charge is 2.15. The first-order chi connectivity index (χ1) is 5.77. The number of rotatable bonds is 0. The third-order valence-electron chi connectivity index (χ3n) is 1.74. The molecule has 0 saturated carbocycles. The van der Waals surface area contributed by atoms with Gasteiger partial charge in [0.1, 0.15) is 11.4 Å². The zero-order valence-corrected chi connectivity index (χ0v) is 6.29. The molecule has 0 spiro atoms. The quantitative estimate of drug-likeness (QED) is 0.496. The van der Waals surface area contributed by atoms with Crippen molar-refractivity contribution < 1.29 is 9.90 Å². The van der Waals surface area contributed by atoms with Crippen LogP contribution in [0.5, 0.6) is 5.75 Å². The predicted molar refractivity (Wildman–Crippen MR) is 45.2 cm³/mol. The molecule has 2 rings (SSSR count). The first-order valence-electron chi connectivity index (χ1n) is 3.63. The van der Waals surface area contributed by atoms with Crippen LogP contribution in [0.15, 0.2) is 18.2 Å². The largest absolute Gasteiger partial charge is 0.506 e.